The zero-order chi connectivity index (χ0) is 20.5. The van der Waals surface area contributed by atoms with Crippen molar-refractivity contribution in [2.24, 2.45) is 12.0 Å². The standard InChI is InChI=1S/C20H21FN2O3S2/c1-13-6-7-14(2)19-18(13)23(3)20(27-19)22-17(24)5-4-12-28(25,26)16-10-8-15(21)9-11-16/h6-11H,4-5,12H2,1-3H3. The van der Waals surface area contributed by atoms with Gasteiger partial charge in [-0.2, -0.15) is 4.99 Å². The summed E-state index contributed by atoms with van der Waals surface area (Å²) in [5, 5.41) is 0. The summed E-state index contributed by atoms with van der Waals surface area (Å²) < 4.78 is 40.5. The van der Waals surface area contributed by atoms with E-state index in [4.69, 9.17) is 0 Å². The maximum absolute atomic E-state index is 12.9. The maximum atomic E-state index is 12.9. The lowest BCUT2D eigenvalue weighted by Gasteiger charge is -2.03. The number of fused-ring (bicyclic) bond motifs is 1. The number of sulfone groups is 1. The highest BCUT2D eigenvalue weighted by Crippen LogP contribution is 2.24. The van der Waals surface area contributed by atoms with Crippen molar-refractivity contribution in [3.05, 3.63) is 58.1 Å². The number of hydrogen-bond acceptors (Lipinski definition) is 4. The highest BCUT2D eigenvalue weighted by molar-refractivity contribution is 7.91. The van der Waals surface area contributed by atoms with E-state index in [1.165, 1.54) is 23.5 Å². The molecule has 0 spiro atoms. The van der Waals surface area contributed by atoms with Gasteiger partial charge >= 0.3 is 0 Å². The van der Waals surface area contributed by atoms with Crippen LogP contribution in [0.1, 0.15) is 24.0 Å². The first kappa shape index (κ1) is 20.4. The van der Waals surface area contributed by atoms with Crippen LogP contribution in [0, 0.1) is 19.7 Å². The first-order valence-electron chi connectivity index (χ1n) is 8.80. The molecule has 0 unspecified atom stereocenters. The van der Waals surface area contributed by atoms with E-state index < -0.39 is 15.7 Å². The predicted molar refractivity (Wildman–Crippen MR) is 109 cm³/mol. The molecule has 5 nitrogen and oxygen atoms in total. The summed E-state index contributed by atoms with van der Waals surface area (Å²) in [6, 6.07) is 8.77. The van der Waals surface area contributed by atoms with E-state index in [1.54, 1.807) is 0 Å². The van der Waals surface area contributed by atoms with E-state index >= 15 is 0 Å². The lowest BCUT2D eigenvalue weighted by Crippen LogP contribution is -2.14. The van der Waals surface area contributed by atoms with Gasteiger partial charge in [-0.05, 0) is 55.7 Å². The summed E-state index contributed by atoms with van der Waals surface area (Å²) in [7, 11) is -1.68. The summed E-state index contributed by atoms with van der Waals surface area (Å²) in [6.45, 7) is 4.03. The van der Waals surface area contributed by atoms with Crippen molar-refractivity contribution in [1.29, 1.82) is 0 Å². The van der Waals surface area contributed by atoms with Crippen LogP contribution in [0.3, 0.4) is 0 Å². The van der Waals surface area contributed by atoms with E-state index in [2.05, 4.69) is 4.99 Å². The third-order valence-electron chi connectivity index (χ3n) is 4.54. The molecule has 0 aliphatic rings. The van der Waals surface area contributed by atoms with E-state index in [0.29, 0.717) is 4.80 Å². The number of halogens is 1. The molecule has 1 aromatic heterocycles. The second kappa shape index (κ2) is 7.97. The van der Waals surface area contributed by atoms with Crippen LogP contribution in [-0.4, -0.2) is 24.6 Å². The largest absolute Gasteiger partial charge is 0.319 e. The fraction of sp³-hybridized carbons (Fsp3) is 0.300. The zero-order valence-corrected chi connectivity index (χ0v) is 17.5. The molecule has 0 atom stereocenters. The van der Waals surface area contributed by atoms with Crippen LogP contribution >= 0.6 is 11.3 Å². The Kier molecular flexibility index (Phi) is 5.81. The Labute approximate surface area is 167 Å². The Hall–Kier alpha value is -2.32. The molecule has 0 radical (unpaired) electrons. The number of nitrogens with zero attached hydrogens (tertiary/aromatic N) is 2. The van der Waals surface area contributed by atoms with Crippen LogP contribution in [0.4, 0.5) is 4.39 Å². The first-order valence-corrected chi connectivity index (χ1v) is 11.3. The minimum atomic E-state index is -3.55. The number of benzene rings is 2. The van der Waals surface area contributed by atoms with Gasteiger partial charge < -0.3 is 4.57 Å². The summed E-state index contributed by atoms with van der Waals surface area (Å²) >= 11 is 1.45. The Morgan fingerprint density at radius 2 is 1.75 bits per heavy atom. The average Bonchev–Trinajstić information content (AvgIpc) is 2.96. The molecule has 1 heterocycles. The van der Waals surface area contributed by atoms with Gasteiger partial charge in [0.25, 0.3) is 0 Å². The van der Waals surface area contributed by atoms with Crippen LogP contribution in [0.2, 0.25) is 0 Å². The molecule has 28 heavy (non-hydrogen) atoms. The van der Waals surface area contributed by atoms with Gasteiger partial charge in [-0.1, -0.05) is 23.5 Å². The molecule has 0 saturated heterocycles. The molecular weight excluding hydrogens is 399 g/mol. The van der Waals surface area contributed by atoms with Gasteiger partial charge in [0.05, 0.1) is 20.9 Å². The second-order valence-electron chi connectivity index (χ2n) is 6.70. The summed E-state index contributed by atoms with van der Waals surface area (Å²) in [5.41, 5.74) is 3.29. The smallest absolute Gasteiger partial charge is 0.248 e. The molecule has 3 rings (SSSR count). The Morgan fingerprint density at radius 1 is 1.11 bits per heavy atom. The highest BCUT2D eigenvalue weighted by atomic mass is 32.2. The quantitative estimate of drug-likeness (QED) is 0.592. The van der Waals surface area contributed by atoms with E-state index in [-0.39, 0.29) is 29.4 Å². The van der Waals surface area contributed by atoms with Crippen LogP contribution in [0.5, 0.6) is 0 Å². The molecule has 148 valence electrons. The Morgan fingerprint density at radius 3 is 2.39 bits per heavy atom. The van der Waals surface area contributed by atoms with Gasteiger partial charge in [0.1, 0.15) is 5.82 Å². The first-order chi connectivity index (χ1) is 13.2. The average molecular weight is 421 g/mol. The topological polar surface area (TPSA) is 68.5 Å². The van der Waals surface area contributed by atoms with Gasteiger partial charge in [0.15, 0.2) is 14.6 Å². The molecule has 1 amide bonds. The lowest BCUT2D eigenvalue weighted by atomic mass is 10.1. The lowest BCUT2D eigenvalue weighted by molar-refractivity contribution is -0.118. The molecule has 2 aromatic carbocycles. The SMILES string of the molecule is Cc1ccc(C)c2c1sc(=NC(=O)CCCS(=O)(=O)c1ccc(F)cc1)n2C. The number of aromatic nitrogens is 1. The third-order valence-corrected chi connectivity index (χ3v) is 7.63. The molecule has 0 aliphatic heterocycles. The van der Waals surface area contributed by atoms with E-state index in [0.717, 1.165) is 33.5 Å². The number of rotatable bonds is 5. The van der Waals surface area contributed by atoms with Crippen molar-refractivity contribution in [2.75, 3.05) is 5.75 Å². The predicted octanol–water partition coefficient (Wildman–Crippen LogP) is 3.68. The third kappa shape index (κ3) is 4.23. The van der Waals surface area contributed by atoms with Gasteiger partial charge in [0.2, 0.25) is 5.91 Å². The maximum Gasteiger partial charge on any atom is 0.248 e. The van der Waals surface area contributed by atoms with Crippen molar-refractivity contribution in [2.45, 2.75) is 31.6 Å². The number of amides is 1. The van der Waals surface area contributed by atoms with Crippen molar-refractivity contribution >= 4 is 37.3 Å². The van der Waals surface area contributed by atoms with E-state index in [1.807, 2.05) is 37.6 Å². The normalized spacial score (nSPS) is 12.6. The monoisotopic (exact) mass is 420 g/mol. The van der Waals surface area contributed by atoms with Crippen LogP contribution < -0.4 is 4.80 Å². The molecule has 0 fully saturated rings. The number of carbonyl (C=O) groups excluding carboxylic acids is 1. The number of hydrogen-bond donors (Lipinski definition) is 0. The summed E-state index contributed by atoms with van der Waals surface area (Å²) in [4.78, 5) is 17.1. The van der Waals surface area contributed by atoms with Gasteiger partial charge in [-0.3, -0.25) is 4.79 Å². The van der Waals surface area contributed by atoms with Crippen molar-refractivity contribution in [3.8, 4) is 0 Å². The van der Waals surface area contributed by atoms with Gasteiger partial charge in [-0.15, -0.1) is 0 Å². The van der Waals surface area contributed by atoms with Gasteiger partial charge in [0, 0.05) is 13.5 Å². The molecule has 8 heteroatoms. The molecule has 0 bridgehead atoms. The fourth-order valence-electron chi connectivity index (χ4n) is 3.01. The molecule has 0 aliphatic carbocycles. The highest BCUT2D eigenvalue weighted by Gasteiger charge is 2.15. The second-order valence-corrected chi connectivity index (χ2v) is 9.79. The van der Waals surface area contributed by atoms with Crippen LogP contribution in [-0.2, 0) is 21.7 Å². The minimum Gasteiger partial charge on any atom is -0.319 e. The van der Waals surface area contributed by atoms with Crippen molar-refractivity contribution < 1.29 is 17.6 Å². The van der Waals surface area contributed by atoms with Crippen molar-refractivity contribution in [1.82, 2.24) is 4.57 Å². The fourth-order valence-corrected chi connectivity index (χ4v) is 5.50. The minimum absolute atomic E-state index is 0.0344. The molecule has 3 aromatic rings. The van der Waals surface area contributed by atoms with Crippen molar-refractivity contribution in [3.63, 3.8) is 0 Å². The summed E-state index contributed by atoms with van der Waals surface area (Å²) in [5.74, 6) is -1.03. The molecule has 0 saturated carbocycles. The van der Waals surface area contributed by atoms with Crippen LogP contribution in [0.15, 0.2) is 46.3 Å². The molecule has 0 N–H and O–H groups in total. The zero-order valence-electron chi connectivity index (χ0n) is 15.9. The number of aryl methyl sites for hydroxylation is 3. The Balaban J connectivity index is 1.73. The van der Waals surface area contributed by atoms with Gasteiger partial charge in [-0.25, -0.2) is 12.8 Å². The van der Waals surface area contributed by atoms with Crippen LogP contribution in [0.25, 0.3) is 10.2 Å². The number of carbonyl (C=O) groups is 1. The van der Waals surface area contributed by atoms with E-state index in [9.17, 15) is 17.6 Å². The Bertz CT molecular complexity index is 1210. The summed E-state index contributed by atoms with van der Waals surface area (Å²) in [6.07, 6.45) is 0.196. The number of thiazole rings is 1. The molecular formula is C20H21FN2O3S2.